The van der Waals surface area contributed by atoms with Gasteiger partial charge in [-0.2, -0.15) is 0 Å². The second-order valence-corrected chi connectivity index (χ2v) is 2.61. The van der Waals surface area contributed by atoms with Gasteiger partial charge in [-0.3, -0.25) is 0 Å². The zero-order valence-electron chi connectivity index (χ0n) is 7.56. The van der Waals surface area contributed by atoms with Gasteiger partial charge < -0.3 is 9.26 Å². The van der Waals surface area contributed by atoms with Crippen molar-refractivity contribution >= 4 is 17.1 Å². The molecule has 5 heteroatoms. The van der Waals surface area contributed by atoms with Gasteiger partial charge in [-0.1, -0.05) is 5.16 Å². The van der Waals surface area contributed by atoms with Gasteiger partial charge >= 0.3 is 5.97 Å². The van der Waals surface area contributed by atoms with Crippen molar-refractivity contribution in [2.45, 2.75) is 6.92 Å². The van der Waals surface area contributed by atoms with Crippen molar-refractivity contribution in [1.29, 1.82) is 0 Å². The highest BCUT2D eigenvalue weighted by Crippen LogP contribution is 2.15. The SMILES string of the molecule is CCOC(=O)c1noc2ncccc12. The van der Waals surface area contributed by atoms with Crippen LogP contribution in [-0.2, 0) is 4.74 Å². The van der Waals surface area contributed by atoms with Gasteiger partial charge in [0.15, 0.2) is 0 Å². The lowest BCUT2D eigenvalue weighted by molar-refractivity contribution is 0.0517. The zero-order chi connectivity index (χ0) is 9.97. The number of esters is 1. The molecule has 2 heterocycles. The van der Waals surface area contributed by atoms with E-state index in [9.17, 15) is 4.79 Å². The molecule has 5 nitrogen and oxygen atoms in total. The highest BCUT2D eigenvalue weighted by atomic mass is 16.5. The average Bonchev–Trinajstić information content (AvgIpc) is 2.61. The lowest BCUT2D eigenvalue weighted by Gasteiger charge is -1.95. The number of fused-ring (bicyclic) bond motifs is 1. The summed E-state index contributed by atoms with van der Waals surface area (Å²) in [5, 5.41) is 4.18. The Kier molecular flexibility index (Phi) is 2.14. The number of ether oxygens (including phenoxy) is 1. The van der Waals surface area contributed by atoms with E-state index < -0.39 is 5.97 Å². The molecule has 0 aliphatic carbocycles. The minimum absolute atomic E-state index is 0.176. The van der Waals surface area contributed by atoms with Crippen LogP contribution in [0.15, 0.2) is 22.9 Å². The summed E-state index contributed by atoms with van der Waals surface area (Å²) in [6.07, 6.45) is 1.57. The summed E-state index contributed by atoms with van der Waals surface area (Å²) in [6, 6.07) is 3.42. The fraction of sp³-hybridized carbons (Fsp3) is 0.222. The van der Waals surface area contributed by atoms with Gasteiger partial charge in [0.2, 0.25) is 5.69 Å². The molecule has 2 aromatic heterocycles. The maximum absolute atomic E-state index is 11.3. The lowest BCUT2D eigenvalue weighted by atomic mass is 10.3. The third-order valence-corrected chi connectivity index (χ3v) is 1.72. The maximum atomic E-state index is 11.3. The predicted molar refractivity (Wildman–Crippen MR) is 47.8 cm³/mol. The summed E-state index contributed by atoms with van der Waals surface area (Å²) in [4.78, 5) is 15.3. The molecule has 0 atom stereocenters. The van der Waals surface area contributed by atoms with Crippen molar-refractivity contribution in [2.24, 2.45) is 0 Å². The molecule has 0 fully saturated rings. The Morgan fingerprint density at radius 3 is 3.29 bits per heavy atom. The molecular weight excluding hydrogens is 184 g/mol. The zero-order valence-corrected chi connectivity index (χ0v) is 7.56. The Bertz CT molecular complexity index is 464. The first-order chi connectivity index (χ1) is 6.83. The van der Waals surface area contributed by atoms with E-state index in [4.69, 9.17) is 9.26 Å². The number of hydrogen-bond acceptors (Lipinski definition) is 5. The van der Waals surface area contributed by atoms with Crippen molar-refractivity contribution in [3.63, 3.8) is 0 Å². The van der Waals surface area contributed by atoms with Gasteiger partial charge in [-0.05, 0) is 19.1 Å². The normalized spacial score (nSPS) is 10.4. The minimum Gasteiger partial charge on any atom is -0.461 e. The fourth-order valence-electron chi connectivity index (χ4n) is 1.13. The smallest absolute Gasteiger partial charge is 0.361 e. The summed E-state index contributed by atoms with van der Waals surface area (Å²) in [5.41, 5.74) is 0.519. The molecule has 2 aromatic rings. The van der Waals surface area contributed by atoms with E-state index >= 15 is 0 Å². The second kappa shape index (κ2) is 3.45. The standard InChI is InChI=1S/C9H8N2O3/c1-2-13-9(12)7-6-4-3-5-10-8(6)14-11-7/h3-5H,2H2,1H3. The first-order valence-electron chi connectivity index (χ1n) is 4.20. The van der Waals surface area contributed by atoms with E-state index in [0.29, 0.717) is 17.7 Å². The summed E-state index contributed by atoms with van der Waals surface area (Å²) < 4.78 is 9.66. The van der Waals surface area contributed by atoms with Gasteiger partial charge in [0.05, 0.1) is 12.0 Å². The van der Waals surface area contributed by atoms with Crippen molar-refractivity contribution in [3.8, 4) is 0 Å². The highest BCUT2D eigenvalue weighted by Gasteiger charge is 2.16. The van der Waals surface area contributed by atoms with Crippen LogP contribution in [0.1, 0.15) is 17.4 Å². The lowest BCUT2D eigenvalue weighted by Crippen LogP contribution is -2.05. The Balaban J connectivity index is 2.47. The summed E-state index contributed by atoms with van der Waals surface area (Å²) in [6.45, 7) is 2.05. The Labute approximate surface area is 79.7 Å². The van der Waals surface area contributed by atoms with E-state index in [1.54, 1.807) is 25.3 Å². The predicted octanol–water partition coefficient (Wildman–Crippen LogP) is 1.40. The van der Waals surface area contributed by atoms with Gasteiger partial charge in [0, 0.05) is 6.20 Å². The van der Waals surface area contributed by atoms with Crippen LogP contribution in [0.4, 0.5) is 0 Å². The van der Waals surface area contributed by atoms with Gasteiger partial charge in [0.1, 0.15) is 0 Å². The molecular formula is C9H8N2O3. The summed E-state index contributed by atoms with van der Waals surface area (Å²) in [7, 11) is 0. The maximum Gasteiger partial charge on any atom is 0.361 e. The Hall–Kier alpha value is -1.91. The average molecular weight is 192 g/mol. The molecule has 14 heavy (non-hydrogen) atoms. The quantitative estimate of drug-likeness (QED) is 0.673. The molecule has 0 aliphatic rings. The molecule has 0 radical (unpaired) electrons. The van der Waals surface area contributed by atoms with Crippen molar-refractivity contribution in [3.05, 3.63) is 24.0 Å². The second-order valence-electron chi connectivity index (χ2n) is 2.61. The number of carbonyl (C=O) groups excluding carboxylic acids is 1. The molecule has 0 unspecified atom stereocenters. The molecule has 0 amide bonds. The van der Waals surface area contributed by atoms with Crippen LogP contribution >= 0.6 is 0 Å². The Morgan fingerprint density at radius 2 is 2.50 bits per heavy atom. The molecule has 0 aromatic carbocycles. The van der Waals surface area contributed by atoms with Crippen LogP contribution in [0.2, 0.25) is 0 Å². The third kappa shape index (κ3) is 1.32. The van der Waals surface area contributed by atoms with E-state index in [1.807, 2.05) is 0 Å². The van der Waals surface area contributed by atoms with Crippen molar-refractivity contribution < 1.29 is 14.1 Å². The van der Waals surface area contributed by atoms with Crippen molar-refractivity contribution in [1.82, 2.24) is 10.1 Å². The van der Waals surface area contributed by atoms with E-state index in [2.05, 4.69) is 10.1 Å². The highest BCUT2D eigenvalue weighted by molar-refractivity contribution is 6.00. The van der Waals surface area contributed by atoms with Gasteiger partial charge in [0.25, 0.3) is 5.71 Å². The molecule has 0 aliphatic heterocycles. The van der Waals surface area contributed by atoms with Crippen LogP contribution in [0, 0.1) is 0 Å². The molecule has 0 saturated heterocycles. The minimum atomic E-state index is -0.487. The number of aromatic nitrogens is 2. The van der Waals surface area contributed by atoms with E-state index in [1.165, 1.54) is 0 Å². The number of hydrogen-bond donors (Lipinski definition) is 0. The van der Waals surface area contributed by atoms with Crippen LogP contribution in [0.3, 0.4) is 0 Å². The topological polar surface area (TPSA) is 65.2 Å². The monoisotopic (exact) mass is 192 g/mol. The summed E-state index contributed by atoms with van der Waals surface area (Å²) in [5.74, 6) is -0.487. The third-order valence-electron chi connectivity index (χ3n) is 1.72. The van der Waals surface area contributed by atoms with E-state index in [-0.39, 0.29) is 5.69 Å². The molecule has 72 valence electrons. The first-order valence-corrected chi connectivity index (χ1v) is 4.20. The van der Waals surface area contributed by atoms with Gasteiger partial charge in [-0.25, -0.2) is 9.78 Å². The van der Waals surface area contributed by atoms with Crippen molar-refractivity contribution in [2.75, 3.05) is 6.61 Å². The molecule has 0 spiro atoms. The van der Waals surface area contributed by atoms with Crippen LogP contribution < -0.4 is 0 Å². The molecule has 0 N–H and O–H groups in total. The largest absolute Gasteiger partial charge is 0.461 e. The van der Waals surface area contributed by atoms with Crippen LogP contribution in [0.25, 0.3) is 11.1 Å². The first kappa shape index (κ1) is 8.68. The Morgan fingerprint density at radius 1 is 1.64 bits per heavy atom. The molecule has 0 saturated carbocycles. The van der Waals surface area contributed by atoms with Gasteiger partial charge in [-0.15, -0.1) is 0 Å². The molecule has 2 rings (SSSR count). The number of carbonyl (C=O) groups is 1. The summed E-state index contributed by atoms with van der Waals surface area (Å²) >= 11 is 0. The fourth-order valence-corrected chi connectivity index (χ4v) is 1.13. The van der Waals surface area contributed by atoms with Crippen LogP contribution in [0.5, 0.6) is 0 Å². The number of pyridine rings is 1. The molecule has 0 bridgehead atoms. The number of rotatable bonds is 2. The number of nitrogens with zero attached hydrogens (tertiary/aromatic N) is 2. The van der Waals surface area contributed by atoms with Crippen LogP contribution in [-0.4, -0.2) is 22.7 Å². The van der Waals surface area contributed by atoms with E-state index in [0.717, 1.165) is 0 Å².